The molecule has 0 atom stereocenters. The minimum absolute atomic E-state index is 0.0287. The highest BCUT2D eigenvalue weighted by Gasteiger charge is 2.02. The molecule has 0 aliphatic heterocycles. The number of nitrogens with zero attached hydrogens (tertiary/aromatic N) is 1. The van der Waals surface area contributed by atoms with Gasteiger partial charge >= 0.3 is 5.97 Å². The van der Waals surface area contributed by atoms with Crippen molar-refractivity contribution in [3.05, 3.63) is 52.1 Å². The maximum Gasteiger partial charge on any atom is 0.327 e. The Labute approximate surface area is 85.8 Å². The van der Waals surface area contributed by atoms with Crippen LogP contribution in [0.5, 0.6) is 0 Å². The van der Waals surface area contributed by atoms with Crippen LogP contribution in [0.1, 0.15) is 5.56 Å². The fourth-order valence-electron chi connectivity index (χ4n) is 1.05. The lowest BCUT2D eigenvalue weighted by Gasteiger charge is -1.95. The van der Waals surface area contributed by atoms with Gasteiger partial charge in [0.15, 0.2) is 0 Å². The molecule has 0 radical (unpaired) electrons. The fourth-order valence-corrected chi connectivity index (χ4v) is 1.05. The molecule has 0 spiro atoms. The van der Waals surface area contributed by atoms with Gasteiger partial charge in [-0.25, -0.2) is 4.79 Å². The first-order valence-corrected chi connectivity index (χ1v) is 4.22. The number of nitro benzene ring substituents is 1. The van der Waals surface area contributed by atoms with Crippen LogP contribution < -0.4 is 0 Å². The molecule has 1 aromatic rings. The molecular weight excluding hydrogens is 198 g/mol. The number of non-ortho nitro benzene ring substituents is 1. The third-order valence-electron chi connectivity index (χ3n) is 1.76. The van der Waals surface area contributed by atoms with Gasteiger partial charge in [-0.1, -0.05) is 18.2 Å². The highest BCUT2D eigenvalue weighted by molar-refractivity contribution is 5.79. The lowest BCUT2D eigenvalue weighted by Crippen LogP contribution is -1.89. The molecule has 0 saturated heterocycles. The lowest BCUT2D eigenvalue weighted by molar-refractivity contribution is -0.384. The number of carboxylic acids is 1. The number of hydrogen-bond donors (Lipinski definition) is 1. The zero-order chi connectivity index (χ0) is 11.3. The van der Waals surface area contributed by atoms with Crippen molar-refractivity contribution in [2.24, 2.45) is 0 Å². The van der Waals surface area contributed by atoms with Gasteiger partial charge in [0, 0.05) is 18.2 Å². The number of carboxylic acid groups (broad SMARTS) is 1. The third-order valence-corrected chi connectivity index (χ3v) is 1.76. The fraction of sp³-hybridized carbons (Fsp3) is 0.100. The maximum atomic E-state index is 10.3. The van der Waals surface area contributed by atoms with Gasteiger partial charge in [-0.3, -0.25) is 10.1 Å². The van der Waals surface area contributed by atoms with Crippen LogP contribution in [0.15, 0.2) is 36.4 Å². The van der Waals surface area contributed by atoms with E-state index in [1.165, 1.54) is 18.2 Å². The monoisotopic (exact) mass is 207 g/mol. The molecule has 15 heavy (non-hydrogen) atoms. The van der Waals surface area contributed by atoms with E-state index in [1.807, 2.05) is 0 Å². The van der Waals surface area contributed by atoms with Crippen LogP contribution in [0.25, 0.3) is 0 Å². The summed E-state index contributed by atoms with van der Waals surface area (Å²) in [5.74, 6) is -1.00. The first kappa shape index (κ1) is 10.9. The zero-order valence-electron chi connectivity index (χ0n) is 7.79. The number of allylic oxidation sites excluding steroid dienone is 1. The van der Waals surface area contributed by atoms with Crippen molar-refractivity contribution in [1.29, 1.82) is 0 Å². The smallest absolute Gasteiger partial charge is 0.327 e. The average molecular weight is 207 g/mol. The summed E-state index contributed by atoms with van der Waals surface area (Å²) >= 11 is 0. The van der Waals surface area contributed by atoms with Crippen LogP contribution in [-0.2, 0) is 11.2 Å². The van der Waals surface area contributed by atoms with Crippen LogP contribution in [-0.4, -0.2) is 16.0 Å². The largest absolute Gasteiger partial charge is 0.478 e. The van der Waals surface area contributed by atoms with Crippen LogP contribution in [0.3, 0.4) is 0 Å². The number of aliphatic carboxylic acids is 1. The van der Waals surface area contributed by atoms with Crippen molar-refractivity contribution in [2.75, 3.05) is 0 Å². The molecule has 5 heteroatoms. The van der Waals surface area contributed by atoms with Crippen LogP contribution in [0.4, 0.5) is 5.69 Å². The normalized spacial score (nSPS) is 10.4. The van der Waals surface area contributed by atoms with Crippen molar-refractivity contribution >= 4 is 11.7 Å². The van der Waals surface area contributed by atoms with Gasteiger partial charge in [0.25, 0.3) is 5.69 Å². The molecule has 0 aliphatic carbocycles. The zero-order valence-corrected chi connectivity index (χ0v) is 7.79. The predicted octanol–water partition coefficient (Wildman–Crippen LogP) is 1.78. The van der Waals surface area contributed by atoms with Crippen molar-refractivity contribution in [1.82, 2.24) is 0 Å². The number of nitro groups is 1. The van der Waals surface area contributed by atoms with Crippen molar-refractivity contribution < 1.29 is 14.8 Å². The Morgan fingerprint density at radius 3 is 2.47 bits per heavy atom. The first-order valence-electron chi connectivity index (χ1n) is 4.22. The molecule has 1 N–H and O–H groups in total. The molecule has 0 unspecified atom stereocenters. The van der Waals surface area contributed by atoms with Gasteiger partial charge < -0.3 is 5.11 Å². The molecule has 0 heterocycles. The molecule has 0 bridgehead atoms. The van der Waals surface area contributed by atoms with Crippen LogP contribution in [0.2, 0.25) is 0 Å². The molecule has 1 aromatic carbocycles. The molecule has 0 amide bonds. The third kappa shape index (κ3) is 3.60. The topological polar surface area (TPSA) is 80.4 Å². The second kappa shape index (κ2) is 4.90. The number of hydrogen-bond acceptors (Lipinski definition) is 3. The molecule has 0 aliphatic rings. The van der Waals surface area contributed by atoms with E-state index in [0.717, 1.165) is 11.6 Å². The Bertz CT molecular complexity index is 394. The highest BCUT2D eigenvalue weighted by atomic mass is 16.6. The lowest BCUT2D eigenvalue weighted by atomic mass is 10.1. The second-order valence-corrected chi connectivity index (χ2v) is 2.87. The Hall–Kier alpha value is -2.17. The molecule has 0 fully saturated rings. The molecule has 5 nitrogen and oxygen atoms in total. The van der Waals surface area contributed by atoms with E-state index in [4.69, 9.17) is 5.11 Å². The Morgan fingerprint density at radius 1 is 1.40 bits per heavy atom. The number of rotatable bonds is 4. The van der Waals surface area contributed by atoms with Gasteiger partial charge in [-0.15, -0.1) is 0 Å². The quantitative estimate of drug-likeness (QED) is 0.463. The minimum Gasteiger partial charge on any atom is -0.478 e. The predicted molar refractivity (Wildman–Crippen MR) is 53.6 cm³/mol. The molecule has 0 saturated carbocycles. The summed E-state index contributed by atoms with van der Waals surface area (Å²) in [4.78, 5) is 20.0. The van der Waals surface area contributed by atoms with E-state index in [2.05, 4.69) is 0 Å². The van der Waals surface area contributed by atoms with E-state index in [0.29, 0.717) is 6.42 Å². The molecule has 0 aromatic heterocycles. The Morgan fingerprint density at radius 2 is 2.00 bits per heavy atom. The summed E-state index contributed by atoms with van der Waals surface area (Å²) in [5, 5.41) is 18.7. The van der Waals surface area contributed by atoms with Crippen molar-refractivity contribution in [3.63, 3.8) is 0 Å². The van der Waals surface area contributed by atoms with Gasteiger partial charge in [-0.05, 0) is 12.0 Å². The van der Waals surface area contributed by atoms with E-state index >= 15 is 0 Å². The van der Waals surface area contributed by atoms with Crippen molar-refractivity contribution in [3.8, 4) is 0 Å². The first-order chi connectivity index (χ1) is 7.09. The number of carbonyl (C=O) groups is 1. The van der Waals surface area contributed by atoms with E-state index in [-0.39, 0.29) is 5.69 Å². The van der Waals surface area contributed by atoms with Crippen LogP contribution in [0, 0.1) is 10.1 Å². The summed E-state index contributed by atoms with van der Waals surface area (Å²) in [6.45, 7) is 0. The van der Waals surface area contributed by atoms with Gasteiger partial charge in [0.1, 0.15) is 0 Å². The molecule has 78 valence electrons. The van der Waals surface area contributed by atoms with Gasteiger partial charge in [0.2, 0.25) is 0 Å². The van der Waals surface area contributed by atoms with E-state index in [9.17, 15) is 14.9 Å². The standard InChI is InChI=1S/C10H9NO4/c12-10(13)3-1-2-8-4-6-9(7-5-8)11(14)15/h1,3-7H,2H2,(H,12,13)/b3-1+. The SMILES string of the molecule is O=C(O)/C=C/Cc1ccc([N+](=O)[O-])cc1. The second-order valence-electron chi connectivity index (χ2n) is 2.87. The van der Waals surface area contributed by atoms with Gasteiger partial charge in [0.05, 0.1) is 4.92 Å². The highest BCUT2D eigenvalue weighted by Crippen LogP contribution is 2.12. The summed E-state index contributed by atoms with van der Waals surface area (Å²) in [7, 11) is 0. The molecular formula is C10H9NO4. The summed E-state index contributed by atoms with van der Waals surface area (Å²) in [6, 6.07) is 5.99. The summed E-state index contributed by atoms with van der Waals surface area (Å²) in [5.41, 5.74) is 0.860. The number of benzene rings is 1. The van der Waals surface area contributed by atoms with E-state index in [1.54, 1.807) is 12.1 Å². The maximum absolute atomic E-state index is 10.3. The minimum atomic E-state index is -1.00. The summed E-state index contributed by atoms with van der Waals surface area (Å²) in [6.07, 6.45) is 2.98. The van der Waals surface area contributed by atoms with Crippen LogP contribution >= 0.6 is 0 Å². The Kier molecular flexibility index (Phi) is 3.56. The Balaban J connectivity index is 2.65. The van der Waals surface area contributed by atoms with Gasteiger partial charge in [-0.2, -0.15) is 0 Å². The van der Waals surface area contributed by atoms with E-state index < -0.39 is 10.9 Å². The average Bonchev–Trinajstić information content (AvgIpc) is 2.18. The summed E-state index contributed by atoms with van der Waals surface area (Å²) < 4.78 is 0. The molecule has 1 rings (SSSR count). The van der Waals surface area contributed by atoms with Crippen molar-refractivity contribution in [2.45, 2.75) is 6.42 Å².